The maximum absolute atomic E-state index is 12.5. The number of fused-ring (bicyclic) bond motifs is 1. The number of rotatable bonds is 3. The molecule has 0 spiro atoms. The lowest BCUT2D eigenvalue weighted by Crippen LogP contribution is -2.28. The Balaban J connectivity index is 1.55. The van der Waals surface area contributed by atoms with Crippen LogP contribution in [-0.4, -0.2) is 22.7 Å². The van der Waals surface area contributed by atoms with E-state index in [1.165, 1.54) is 11.3 Å². The summed E-state index contributed by atoms with van der Waals surface area (Å²) in [5.41, 5.74) is 2.63. The molecule has 1 aliphatic rings. The number of amides is 3. The Morgan fingerprint density at radius 2 is 1.78 bits per heavy atom. The van der Waals surface area contributed by atoms with Gasteiger partial charge in [0.2, 0.25) is 11.8 Å². The number of thiazole rings is 1. The molecule has 1 N–H and O–H groups in total. The van der Waals surface area contributed by atoms with Gasteiger partial charge in [-0.3, -0.25) is 24.6 Å². The van der Waals surface area contributed by atoms with Gasteiger partial charge in [-0.1, -0.05) is 29.0 Å². The topological polar surface area (TPSA) is 79.4 Å². The molecule has 6 nitrogen and oxygen atoms in total. The van der Waals surface area contributed by atoms with Crippen molar-refractivity contribution < 1.29 is 14.4 Å². The number of anilines is 2. The lowest BCUT2D eigenvalue weighted by atomic mass is 10.2. The van der Waals surface area contributed by atoms with Crippen LogP contribution in [-0.2, 0) is 9.59 Å². The Hall–Kier alpha value is -2.77. The summed E-state index contributed by atoms with van der Waals surface area (Å²) < 4.78 is 0.827. The Morgan fingerprint density at radius 3 is 2.41 bits per heavy atom. The zero-order valence-electron chi connectivity index (χ0n) is 14.3. The fourth-order valence-corrected chi connectivity index (χ4v) is 4.16. The van der Waals surface area contributed by atoms with Gasteiger partial charge in [-0.15, -0.1) is 0 Å². The van der Waals surface area contributed by atoms with E-state index in [4.69, 9.17) is 11.6 Å². The van der Waals surface area contributed by atoms with E-state index in [-0.39, 0.29) is 30.6 Å². The second kappa shape index (κ2) is 6.75. The number of aromatic nitrogens is 1. The predicted octanol–water partition coefficient (Wildman–Crippen LogP) is 4.16. The summed E-state index contributed by atoms with van der Waals surface area (Å²) in [4.78, 5) is 41.7. The van der Waals surface area contributed by atoms with Gasteiger partial charge in [-0.05, 0) is 42.8 Å². The molecule has 2 heterocycles. The second-order valence-electron chi connectivity index (χ2n) is 6.18. The summed E-state index contributed by atoms with van der Waals surface area (Å²) >= 11 is 7.51. The van der Waals surface area contributed by atoms with Crippen molar-refractivity contribution in [1.29, 1.82) is 0 Å². The average Bonchev–Trinajstić information content (AvgIpc) is 3.22. The predicted molar refractivity (Wildman–Crippen MR) is 105 cm³/mol. The minimum Gasteiger partial charge on any atom is -0.298 e. The quantitative estimate of drug-likeness (QED) is 0.670. The number of carbonyl (C=O) groups is 3. The van der Waals surface area contributed by atoms with Crippen LogP contribution in [0.15, 0.2) is 36.4 Å². The van der Waals surface area contributed by atoms with Crippen LogP contribution in [0.1, 0.15) is 28.8 Å². The van der Waals surface area contributed by atoms with Crippen molar-refractivity contribution in [2.75, 3.05) is 10.2 Å². The lowest BCUT2D eigenvalue weighted by molar-refractivity contribution is -0.121. The van der Waals surface area contributed by atoms with Crippen LogP contribution in [0, 0.1) is 6.92 Å². The fourth-order valence-electron chi connectivity index (χ4n) is 2.95. The van der Waals surface area contributed by atoms with Crippen LogP contribution in [0.3, 0.4) is 0 Å². The van der Waals surface area contributed by atoms with Crippen molar-refractivity contribution in [3.05, 3.63) is 52.5 Å². The van der Waals surface area contributed by atoms with Crippen molar-refractivity contribution in [3.63, 3.8) is 0 Å². The molecule has 1 fully saturated rings. The molecule has 0 radical (unpaired) electrons. The van der Waals surface area contributed by atoms with E-state index in [2.05, 4.69) is 10.3 Å². The van der Waals surface area contributed by atoms with Crippen LogP contribution in [0.4, 0.5) is 10.8 Å². The Morgan fingerprint density at radius 1 is 1.11 bits per heavy atom. The molecule has 1 saturated heterocycles. The third-order valence-electron chi connectivity index (χ3n) is 4.36. The number of hydrogen-bond acceptors (Lipinski definition) is 5. The van der Waals surface area contributed by atoms with Gasteiger partial charge in [0.05, 0.1) is 20.9 Å². The third-order valence-corrected chi connectivity index (χ3v) is 5.79. The molecule has 3 amide bonds. The van der Waals surface area contributed by atoms with Gasteiger partial charge in [0, 0.05) is 18.4 Å². The molecule has 8 heteroatoms. The number of hydrogen-bond donors (Lipinski definition) is 1. The minimum absolute atomic E-state index is 0.223. The number of carbonyl (C=O) groups excluding carboxylic acids is 3. The highest BCUT2D eigenvalue weighted by atomic mass is 35.5. The zero-order chi connectivity index (χ0) is 19.1. The molecule has 4 rings (SSSR count). The van der Waals surface area contributed by atoms with E-state index in [0.29, 0.717) is 21.4 Å². The average molecular weight is 400 g/mol. The highest BCUT2D eigenvalue weighted by Gasteiger charge is 2.30. The number of aryl methyl sites for hydroxylation is 1. The summed E-state index contributed by atoms with van der Waals surface area (Å²) in [6.07, 6.45) is 0.446. The molecule has 0 aliphatic carbocycles. The van der Waals surface area contributed by atoms with Crippen molar-refractivity contribution in [3.8, 4) is 0 Å². The molecule has 0 bridgehead atoms. The summed E-state index contributed by atoms with van der Waals surface area (Å²) in [5, 5.41) is 3.82. The monoisotopic (exact) mass is 399 g/mol. The SMILES string of the molecule is Cc1ccc(Cl)c2sc(NC(=O)c3ccc(N4C(=O)CCC4=O)cc3)nc12. The molecule has 0 unspecified atom stereocenters. The molecule has 1 aliphatic heterocycles. The maximum atomic E-state index is 12.5. The number of halogens is 1. The van der Waals surface area contributed by atoms with Crippen molar-refractivity contribution >= 4 is 61.7 Å². The molecular weight excluding hydrogens is 386 g/mol. The summed E-state index contributed by atoms with van der Waals surface area (Å²) in [5.74, 6) is -0.772. The third kappa shape index (κ3) is 3.20. The highest BCUT2D eigenvalue weighted by molar-refractivity contribution is 7.23. The Kier molecular flexibility index (Phi) is 4.41. The van der Waals surface area contributed by atoms with Gasteiger partial charge in [-0.2, -0.15) is 0 Å². The first-order chi connectivity index (χ1) is 12.9. The van der Waals surface area contributed by atoms with Gasteiger partial charge in [0.15, 0.2) is 5.13 Å². The van der Waals surface area contributed by atoms with E-state index in [9.17, 15) is 14.4 Å². The number of nitrogens with one attached hydrogen (secondary N) is 1. The van der Waals surface area contributed by atoms with Crippen molar-refractivity contribution in [2.24, 2.45) is 0 Å². The van der Waals surface area contributed by atoms with Crippen LogP contribution >= 0.6 is 22.9 Å². The molecule has 0 saturated carbocycles. The van der Waals surface area contributed by atoms with Crippen LogP contribution in [0.2, 0.25) is 5.02 Å². The highest BCUT2D eigenvalue weighted by Crippen LogP contribution is 2.34. The molecule has 1 aromatic heterocycles. The van der Waals surface area contributed by atoms with E-state index < -0.39 is 0 Å². The summed E-state index contributed by atoms with van der Waals surface area (Å²) in [7, 11) is 0. The van der Waals surface area contributed by atoms with E-state index in [1.807, 2.05) is 19.1 Å². The van der Waals surface area contributed by atoms with Crippen LogP contribution in [0.25, 0.3) is 10.2 Å². The molecule has 0 atom stereocenters. The number of imide groups is 1. The number of nitrogens with zero attached hydrogens (tertiary/aromatic N) is 2. The number of benzene rings is 2. The lowest BCUT2D eigenvalue weighted by Gasteiger charge is -2.13. The first kappa shape index (κ1) is 17.6. The Labute approximate surface area is 163 Å². The molecule has 3 aromatic rings. The van der Waals surface area contributed by atoms with E-state index in [0.717, 1.165) is 20.7 Å². The standard InChI is InChI=1S/C19H14ClN3O3S/c1-10-2-7-13(20)17-16(10)21-19(27-17)22-18(26)11-3-5-12(6-4-11)23-14(24)8-9-15(23)25/h2-7H,8-9H2,1H3,(H,21,22,26). The molecular formula is C19H14ClN3O3S. The zero-order valence-corrected chi connectivity index (χ0v) is 15.9. The van der Waals surface area contributed by atoms with Gasteiger partial charge in [-0.25, -0.2) is 4.98 Å². The smallest absolute Gasteiger partial charge is 0.257 e. The summed E-state index contributed by atoms with van der Waals surface area (Å²) in [6, 6.07) is 10.0. The van der Waals surface area contributed by atoms with Gasteiger partial charge in [0.1, 0.15) is 0 Å². The van der Waals surface area contributed by atoms with E-state index in [1.54, 1.807) is 24.3 Å². The van der Waals surface area contributed by atoms with Gasteiger partial charge in [0.25, 0.3) is 5.91 Å². The Bertz CT molecular complexity index is 1040. The molecule has 27 heavy (non-hydrogen) atoms. The largest absolute Gasteiger partial charge is 0.298 e. The molecule has 2 aromatic carbocycles. The second-order valence-corrected chi connectivity index (χ2v) is 7.59. The van der Waals surface area contributed by atoms with Crippen LogP contribution < -0.4 is 10.2 Å². The van der Waals surface area contributed by atoms with E-state index >= 15 is 0 Å². The maximum Gasteiger partial charge on any atom is 0.257 e. The fraction of sp³-hybridized carbons (Fsp3) is 0.158. The van der Waals surface area contributed by atoms with Gasteiger partial charge < -0.3 is 0 Å². The van der Waals surface area contributed by atoms with Crippen molar-refractivity contribution in [1.82, 2.24) is 4.98 Å². The normalized spacial score (nSPS) is 14.2. The summed E-state index contributed by atoms with van der Waals surface area (Å²) in [6.45, 7) is 1.93. The first-order valence-electron chi connectivity index (χ1n) is 8.27. The van der Waals surface area contributed by atoms with Crippen LogP contribution in [0.5, 0.6) is 0 Å². The first-order valence-corrected chi connectivity index (χ1v) is 9.46. The van der Waals surface area contributed by atoms with Gasteiger partial charge >= 0.3 is 0 Å². The van der Waals surface area contributed by atoms with Crippen molar-refractivity contribution in [2.45, 2.75) is 19.8 Å². The molecule has 136 valence electrons. The minimum atomic E-state index is -0.326.